The van der Waals surface area contributed by atoms with Gasteiger partial charge in [0.2, 0.25) is 10.0 Å². The van der Waals surface area contributed by atoms with Gasteiger partial charge in [-0.1, -0.05) is 18.9 Å². The normalized spacial score (nSPS) is 23.1. The third kappa shape index (κ3) is 5.37. The largest absolute Gasteiger partial charge is 0.396 e. The molecule has 0 spiro atoms. The van der Waals surface area contributed by atoms with Crippen LogP contribution in [0.4, 0.5) is 0 Å². The molecule has 0 aliphatic heterocycles. The number of rotatable bonds is 7. The Morgan fingerprint density at radius 1 is 1.24 bits per heavy atom. The molecule has 2 atom stereocenters. The van der Waals surface area contributed by atoms with Crippen molar-refractivity contribution in [3.63, 3.8) is 0 Å². The number of sulfonamides is 1. The van der Waals surface area contributed by atoms with Gasteiger partial charge >= 0.3 is 0 Å². The van der Waals surface area contributed by atoms with Gasteiger partial charge in [0, 0.05) is 31.5 Å². The maximum Gasteiger partial charge on any atom is 0.211 e. The van der Waals surface area contributed by atoms with Crippen LogP contribution in [0.3, 0.4) is 0 Å². The zero-order chi connectivity index (χ0) is 15.1. The lowest BCUT2D eigenvalue weighted by atomic mass is 9.80. The number of aryl methyl sites for hydroxylation is 1. The number of hydrogen-bond acceptors (Lipinski definition) is 4. The standard InChI is InChI=1S/C15H24N2O3S/c18-12-14-6-2-1-5-13(14)11-17-21(19,20)10-8-15-7-3-4-9-16-15/h3-4,7,9,13-14,17-18H,1-2,5-6,8,10-12H2. The van der Waals surface area contributed by atoms with Gasteiger partial charge in [-0.05, 0) is 36.8 Å². The lowest BCUT2D eigenvalue weighted by Gasteiger charge is -2.30. The molecule has 2 rings (SSSR count). The average Bonchev–Trinajstić information content (AvgIpc) is 2.52. The van der Waals surface area contributed by atoms with Gasteiger partial charge in [-0.25, -0.2) is 13.1 Å². The van der Waals surface area contributed by atoms with Crippen molar-refractivity contribution in [3.8, 4) is 0 Å². The molecule has 1 aromatic heterocycles. The molecule has 1 aromatic rings. The molecule has 0 amide bonds. The van der Waals surface area contributed by atoms with Crippen molar-refractivity contribution in [2.45, 2.75) is 32.1 Å². The molecule has 118 valence electrons. The Morgan fingerprint density at radius 2 is 2.00 bits per heavy atom. The summed E-state index contributed by atoms with van der Waals surface area (Å²) in [6, 6.07) is 5.50. The van der Waals surface area contributed by atoms with E-state index in [0.29, 0.717) is 13.0 Å². The summed E-state index contributed by atoms with van der Waals surface area (Å²) in [7, 11) is -3.28. The van der Waals surface area contributed by atoms with E-state index in [1.807, 2.05) is 18.2 Å². The van der Waals surface area contributed by atoms with Crippen molar-refractivity contribution in [1.82, 2.24) is 9.71 Å². The number of aliphatic hydroxyl groups excluding tert-OH is 1. The topological polar surface area (TPSA) is 79.3 Å². The Hall–Kier alpha value is -0.980. The highest BCUT2D eigenvalue weighted by Crippen LogP contribution is 2.29. The number of nitrogens with one attached hydrogen (secondary N) is 1. The molecule has 0 saturated heterocycles. The molecule has 1 aliphatic rings. The molecule has 0 radical (unpaired) electrons. The number of hydrogen-bond donors (Lipinski definition) is 2. The van der Waals surface area contributed by atoms with Crippen LogP contribution in [-0.4, -0.2) is 37.4 Å². The summed E-state index contributed by atoms with van der Waals surface area (Å²) >= 11 is 0. The van der Waals surface area contributed by atoms with E-state index in [9.17, 15) is 13.5 Å². The van der Waals surface area contributed by atoms with E-state index in [1.165, 1.54) is 0 Å². The smallest absolute Gasteiger partial charge is 0.211 e. The molecule has 1 saturated carbocycles. The quantitative estimate of drug-likeness (QED) is 0.796. The minimum absolute atomic E-state index is 0.0561. The summed E-state index contributed by atoms with van der Waals surface area (Å²) in [4.78, 5) is 4.13. The number of aromatic nitrogens is 1. The molecule has 1 heterocycles. The summed E-state index contributed by atoms with van der Waals surface area (Å²) in [5.74, 6) is 0.547. The highest BCUT2D eigenvalue weighted by Gasteiger charge is 2.25. The molecule has 0 aromatic carbocycles. The molecule has 2 unspecified atom stereocenters. The van der Waals surface area contributed by atoms with Crippen LogP contribution >= 0.6 is 0 Å². The van der Waals surface area contributed by atoms with Gasteiger partial charge in [-0.3, -0.25) is 4.98 Å². The zero-order valence-corrected chi connectivity index (χ0v) is 13.1. The molecule has 21 heavy (non-hydrogen) atoms. The van der Waals surface area contributed by atoms with Crippen LogP contribution in [0, 0.1) is 11.8 Å². The second-order valence-electron chi connectivity index (χ2n) is 5.73. The van der Waals surface area contributed by atoms with E-state index < -0.39 is 10.0 Å². The van der Waals surface area contributed by atoms with Crippen molar-refractivity contribution >= 4 is 10.0 Å². The Morgan fingerprint density at radius 3 is 2.67 bits per heavy atom. The molecule has 0 bridgehead atoms. The maximum absolute atomic E-state index is 12.0. The Bertz CT molecular complexity index is 519. The van der Waals surface area contributed by atoms with Crippen LogP contribution in [-0.2, 0) is 16.4 Å². The maximum atomic E-state index is 12.0. The molecule has 1 fully saturated rings. The minimum atomic E-state index is -3.28. The fourth-order valence-corrected chi connectivity index (χ4v) is 3.97. The monoisotopic (exact) mass is 312 g/mol. The lowest BCUT2D eigenvalue weighted by Crippen LogP contribution is -2.36. The van der Waals surface area contributed by atoms with Crippen LogP contribution < -0.4 is 4.72 Å². The fourth-order valence-electron chi connectivity index (χ4n) is 2.88. The van der Waals surface area contributed by atoms with Crippen LogP contribution in [0.2, 0.25) is 0 Å². The average molecular weight is 312 g/mol. The highest BCUT2D eigenvalue weighted by molar-refractivity contribution is 7.89. The van der Waals surface area contributed by atoms with E-state index in [2.05, 4.69) is 9.71 Å². The Labute approximate surface area is 126 Å². The van der Waals surface area contributed by atoms with E-state index in [-0.39, 0.29) is 24.2 Å². The van der Waals surface area contributed by atoms with E-state index in [4.69, 9.17) is 0 Å². The first-order valence-electron chi connectivity index (χ1n) is 7.59. The van der Waals surface area contributed by atoms with Gasteiger partial charge in [0.15, 0.2) is 0 Å². The summed E-state index contributed by atoms with van der Waals surface area (Å²) in [6.07, 6.45) is 6.34. The van der Waals surface area contributed by atoms with Crippen LogP contribution in [0.25, 0.3) is 0 Å². The molecule has 6 heteroatoms. The van der Waals surface area contributed by atoms with Gasteiger partial charge in [0.05, 0.1) is 5.75 Å². The summed E-state index contributed by atoms with van der Waals surface area (Å²) in [5, 5.41) is 9.36. The number of pyridine rings is 1. The van der Waals surface area contributed by atoms with E-state index >= 15 is 0 Å². The summed E-state index contributed by atoms with van der Waals surface area (Å²) in [5.41, 5.74) is 0.786. The first-order valence-corrected chi connectivity index (χ1v) is 9.24. The predicted octanol–water partition coefficient (Wildman–Crippen LogP) is 1.34. The van der Waals surface area contributed by atoms with Crippen molar-refractivity contribution in [2.75, 3.05) is 18.9 Å². The van der Waals surface area contributed by atoms with Crippen molar-refractivity contribution in [3.05, 3.63) is 30.1 Å². The van der Waals surface area contributed by atoms with Gasteiger partial charge in [-0.2, -0.15) is 0 Å². The third-order valence-electron chi connectivity index (χ3n) is 4.22. The lowest BCUT2D eigenvalue weighted by molar-refractivity contribution is 0.136. The molecular formula is C15H24N2O3S. The third-order valence-corrected chi connectivity index (χ3v) is 5.57. The highest BCUT2D eigenvalue weighted by atomic mass is 32.2. The predicted molar refractivity (Wildman–Crippen MR) is 82.3 cm³/mol. The van der Waals surface area contributed by atoms with Gasteiger partial charge in [0.25, 0.3) is 0 Å². The van der Waals surface area contributed by atoms with Crippen molar-refractivity contribution in [1.29, 1.82) is 0 Å². The van der Waals surface area contributed by atoms with Crippen LogP contribution in [0.5, 0.6) is 0 Å². The first kappa shape index (κ1) is 16.4. The second-order valence-corrected chi connectivity index (χ2v) is 7.65. The molecule has 5 nitrogen and oxygen atoms in total. The molecule has 1 aliphatic carbocycles. The number of nitrogens with zero attached hydrogens (tertiary/aromatic N) is 1. The minimum Gasteiger partial charge on any atom is -0.396 e. The second kappa shape index (κ2) is 7.87. The van der Waals surface area contributed by atoms with Crippen LogP contribution in [0.1, 0.15) is 31.4 Å². The van der Waals surface area contributed by atoms with Gasteiger partial charge < -0.3 is 5.11 Å². The fraction of sp³-hybridized carbons (Fsp3) is 0.667. The zero-order valence-electron chi connectivity index (χ0n) is 12.2. The number of aliphatic hydroxyl groups is 1. The van der Waals surface area contributed by atoms with Crippen molar-refractivity contribution < 1.29 is 13.5 Å². The first-order chi connectivity index (χ1) is 10.1. The molecular weight excluding hydrogens is 288 g/mol. The summed E-state index contributed by atoms with van der Waals surface area (Å²) < 4.78 is 26.8. The van der Waals surface area contributed by atoms with Gasteiger partial charge in [0.1, 0.15) is 0 Å². The van der Waals surface area contributed by atoms with E-state index in [1.54, 1.807) is 6.20 Å². The van der Waals surface area contributed by atoms with Crippen molar-refractivity contribution in [2.24, 2.45) is 11.8 Å². The Kier molecular flexibility index (Phi) is 6.14. The van der Waals surface area contributed by atoms with Gasteiger partial charge in [-0.15, -0.1) is 0 Å². The van der Waals surface area contributed by atoms with E-state index in [0.717, 1.165) is 31.4 Å². The SMILES string of the molecule is O=S(=O)(CCc1ccccn1)NCC1CCCCC1CO. The Balaban J connectivity index is 1.80. The molecule has 2 N–H and O–H groups in total. The van der Waals surface area contributed by atoms with Crippen LogP contribution in [0.15, 0.2) is 24.4 Å². The summed E-state index contributed by atoms with van der Waals surface area (Å²) in [6.45, 7) is 0.593.